The van der Waals surface area contributed by atoms with Crippen LogP contribution in [0.2, 0.25) is 0 Å². The maximum Gasteiger partial charge on any atom is 0.365 e. The van der Waals surface area contributed by atoms with Crippen molar-refractivity contribution in [1.29, 1.82) is 5.41 Å². The third-order valence-corrected chi connectivity index (χ3v) is 7.11. The van der Waals surface area contributed by atoms with E-state index in [4.69, 9.17) is 14.3 Å². The monoisotopic (exact) mass is 511 g/mol. The summed E-state index contributed by atoms with van der Waals surface area (Å²) >= 11 is 1.04. The van der Waals surface area contributed by atoms with Gasteiger partial charge in [0.25, 0.3) is 0 Å². The Kier molecular flexibility index (Phi) is 6.19. The molecule has 184 valence electrons. The van der Waals surface area contributed by atoms with Gasteiger partial charge in [-0.25, -0.2) is 4.79 Å². The average molecular weight is 512 g/mol. The predicted molar refractivity (Wildman–Crippen MR) is 139 cm³/mol. The van der Waals surface area contributed by atoms with E-state index in [1.54, 1.807) is 30.3 Å². The van der Waals surface area contributed by atoms with Gasteiger partial charge in [0.15, 0.2) is 5.71 Å². The normalized spacial score (nSPS) is 13.2. The molecule has 0 atom stereocenters. The maximum absolute atomic E-state index is 12.3. The Hall–Kier alpha value is -4.56. The maximum atomic E-state index is 12.3. The van der Waals surface area contributed by atoms with E-state index >= 15 is 0 Å². The number of phenolic OH excluding ortho intramolecular Hbond substituents is 2. The molecule has 0 aromatic heterocycles. The van der Waals surface area contributed by atoms with Gasteiger partial charge in [-0.3, -0.25) is 10.2 Å². The number of nitrogens with one attached hydrogen (secondary N) is 1. The third kappa shape index (κ3) is 4.54. The van der Waals surface area contributed by atoms with E-state index in [1.165, 1.54) is 12.1 Å². The van der Waals surface area contributed by atoms with Crippen molar-refractivity contribution in [1.82, 2.24) is 0 Å². The van der Waals surface area contributed by atoms with Crippen molar-refractivity contribution in [3.63, 3.8) is 0 Å². The van der Waals surface area contributed by atoms with E-state index in [2.05, 4.69) is 6.92 Å². The van der Waals surface area contributed by atoms with Crippen molar-refractivity contribution in [3.8, 4) is 23.0 Å². The Balaban J connectivity index is 1.39. The standard InChI is InChI=1S/C29H21NO6S/c1-29(17-2-8-20(31)9-3-17,18-4-10-21(32)11-5-18)19-6-12-22(13-7-19)36-37-23-14-15-25-24(16-23)27(33)26(30)28(34)35-25/h2-16,30-32H,1H3. The summed E-state index contributed by atoms with van der Waals surface area (Å²) < 4.78 is 10.9. The fourth-order valence-corrected chi connectivity index (χ4v) is 4.83. The summed E-state index contributed by atoms with van der Waals surface area (Å²) in [4.78, 5) is 24.4. The summed E-state index contributed by atoms with van der Waals surface area (Å²) in [7, 11) is 0. The van der Waals surface area contributed by atoms with E-state index in [-0.39, 0.29) is 22.8 Å². The van der Waals surface area contributed by atoms with Crippen LogP contribution in [0.15, 0.2) is 95.9 Å². The van der Waals surface area contributed by atoms with Crippen LogP contribution in [0.3, 0.4) is 0 Å². The lowest BCUT2D eigenvalue weighted by Gasteiger charge is -2.32. The fraction of sp³-hybridized carbons (Fsp3) is 0.0690. The molecule has 4 aromatic carbocycles. The molecular formula is C29H21NO6S. The van der Waals surface area contributed by atoms with Crippen LogP contribution in [0.1, 0.15) is 34.0 Å². The van der Waals surface area contributed by atoms with Crippen molar-refractivity contribution in [3.05, 3.63) is 113 Å². The summed E-state index contributed by atoms with van der Waals surface area (Å²) in [5, 5.41) is 27.1. The third-order valence-electron chi connectivity index (χ3n) is 6.38. The molecule has 0 unspecified atom stereocenters. The van der Waals surface area contributed by atoms with Crippen LogP contribution in [-0.4, -0.2) is 27.7 Å². The Morgan fingerprint density at radius 3 is 1.84 bits per heavy atom. The van der Waals surface area contributed by atoms with Gasteiger partial charge in [-0.05, 0) is 78.2 Å². The SMILES string of the molecule is CC(c1ccc(O)cc1)(c1ccc(O)cc1)c1ccc(OSc2ccc3c(c2)C(=O)C(=N)C(=O)O3)cc1. The summed E-state index contributed by atoms with van der Waals surface area (Å²) in [5.41, 5.74) is 1.77. The van der Waals surface area contributed by atoms with Crippen molar-refractivity contribution < 1.29 is 28.7 Å². The van der Waals surface area contributed by atoms with Crippen LogP contribution >= 0.6 is 12.0 Å². The van der Waals surface area contributed by atoms with Gasteiger partial charge in [0.1, 0.15) is 23.0 Å². The van der Waals surface area contributed by atoms with Crippen LogP contribution in [0.25, 0.3) is 0 Å². The molecule has 0 bridgehead atoms. The molecule has 8 heteroatoms. The highest BCUT2D eigenvalue weighted by molar-refractivity contribution is 7.95. The van der Waals surface area contributed by atoms with Crippen LogP contribution in [-0.2, 0) is 10.2 Å². The average Bonchev–Trinajstić information content (AvgIpc) is 2.91. The zero-order valence-corrected chi connectivity index (χ0v) is 20.4. The fourth-order valence-electron chi connectivity index (χ4n) is 4.24. The van der Waals surface area contributed by atoms with Gasteiger partial charge in [0.05, 0.1) is 17.6 Å². The Labute approximate surface area is 217 Å². The number of rotatable bonds is 6. The molecule has 0 fully saturated rings. The molecular weight excluding hydrogens is 490 g/mol. The Bertz CT molecular complexity index is 1470. The lowest BCUT2D eigenvalue weighted by atomic mass is 9.71. The number of carbonyl (C=O) groups excluding carboxylic acids is 2. The van der Waals surface area contributed by atoms with Gasteiger partial charge in [-0.2, -0.15) is 0 Å². The second-order valence-electron chi connectivity index (χ2n) is 8.66. The van der Waals surface area contributed by atoms with Crippen LogP contribution < -0.4 is 8.92 Å². The molecule has 7 nitrogen and oxygen atoms in total. The number of fused-ring (bicyclic) bond motifs is 1. The number of phenols is 2. The van der Waals surface area contributed by atoms with E-state index in [1.807, 2.05) is 48.5 Å². The van der Waals surface area contributed by atoms with Crippen molar-refractivity contribution in [2.75, 3.05) is 0 Å². The van der Waals surface area contributed by atoms with Gasteiger partial charge in [0.2, 0.25) is 5.78 Å². The van der Waals surface area contributed by atoms with Crippen molar-refractivity contribution in [2.45, 2.75) is 17.2 Å². The minimum atomic E-state index is -0.958. The molecule has 1 aliphatic rings. The number of carbonyl (C=O) groups is 2. The predicted octanol–water partition coefficient (Wildman–Crippen LogP) is 5.66. The second-order valence-corrected chi connectivity index (χ2v) is 9.47. The minimum absolute atomic E-state index is 0.127. The summed E-state index contributed by atoms with van der Waals surface area (Å²) in [5.74, 6) is -0.576. The summed E-state index contributed by atoms with van der Waals surface area (Å²) in [6.45, 7) is 2.07. The van der Waals surface area contributed by atoms with Gasteiger partial charge in [-0.15, -0.1) is 0 Å². The highest BCUT2D eigenvalue weighted by Crippen LogP contribution is 2.41. The smallest absolute Gasteiger partial charge is 0.365 e. The Morgan fingerprint density at radius 2 is 1.30 bits per heavy atom. The molecule has 0 aliphatic carbocycles. The van der Waals surface area contributed by atoms with E-state index in [9.17, 15) is 19.8 Å². The first-order valence-corrected chi connectivity index (χ1v) is 12.0. The molecule has 1 heterocycles. The number of Topliss-reactive ketones (excluding diaryl/α,β-unsaturated/α-hetero) is 1. The molecule has 0 spiro atoms. The van der Waals surface area contributed by atoms with Gasteiger partial charge < -0.3 is 19.1 Å². The van der Waals surface area contributed by atoms with Gasteiger partial charge in [0, 0.05) is 10.3 Å². The molecule has 1 aliphatic heterocycles. The first-order valence-electron chi connectivity index (χ1n) is 11.3. The quantitative estimate of drug-likeness (QED) is 0.132. The number of hydrogen-bond donors (Lipinski definition) is 3. The Morgan fingerprint density at radius 1 is 0.784 bits per heavy atom. The molecule has 37 heavy (non-hydrogen) atoms. The van der Waals surface area contributed by atoms with Gasteiger partial charge >= 0.3 is 5.97 Å². The number of aromatic hydroxyl groups is 2. The van der Waals surface area contributed by atoms with Crippen LogP contribution in [0, 0.1) is 5.41 Å². The number of benzene rings is 4. The zero-order chi connectivity index (χ0) is 26.2. The van der Waals surface area contributed by atoms with E-state index in [0.717, 1.165) is 28.7 Å². The van der Waals surface area contributed by atoms with Gasteiger partial charge in [-0.1, -0.05) is 36.4 Å². The number of ketones is 1. The molecule has 5 rings (SSSR count). The second kappa shape index (κ2) is 9.48. The number of ether oxygens (including phenoxy) is 1. The summed E-state index contributed by atoms with van der Waals surface area (Å²) in [6.07, 6.45) is 0. The lowest BCUT2D eigenvalue weighted by molar-refractivity contribution is -0.127. The highest BCUT2D eigenvalue weighted by Gasteiger charge is 2.32. The molecule has 4 aromatic rings. The van der Waals surface area contributed by atoms with Crippen LogP contribution in [0.5, 0.6) is 23.0 Å². The number of hydrogen-bond acceptors (Lipinski definition) is 8. The highest BCUT2D eigenvalue weighted by atomic mass is 32.2. The molecule has 0 amide bonds. The van der Waals surface area contributed by atoms with Crippen LogP contribution in [0.4, 0.5) is 0 Å². The topological polar surface area (TPSA) is 117 Å². The zero-order valence-electron chi connectivity index (χ0n) is 19.6. The van der Waals surface area contributed by atoms with Crippen molar-refractivity contribution in [2.24, 2.45) is 0 Å². The largest absolute Gasteiger partial charge is 0.508 e. The lowest BCUT2D eigenvalue weighted by Crippen LogP contribution is -2.32. The minimum Gasteiger partial charge on any atom is -0.508 e. The molecule has 3 N–H and O–H groups in total. The van der Waals surface area contributed by atoms with E-state index < -0.39 is 22.9 Å². The van der Waals surface area contributed by atoms with Crippen molar-refractivity contribution >= 4 is 29.5 Å². The van der Waals surface area contributed by atoms with E-state index in [0.29, 0.717) is 10.6 Å². The molecule has 0 radical (unpaired) electrons. The molecule has 0 saturated carbocycles. The molecule has 0 saturated heterocycles. The first-order chi connectivity index (χ1) is 17.8. The first kappa shape index (κ1) is 24.1. The summed E-state index contributed by atoms with van der Waals surface area (Å²) in [6, 6.07) is 26.4. The number of esters is 1.